The quantitative estimate of drug-likeness (QED) is 0.846. The second kappa shape index (κ2) is 6.04. The molecule has 0 bridgehead atoms. The summed E-state index contributed by atoms with van der Waals surface area (Å²) in [4.78, 5) is 22.0. The van der Waals surface area contributed by atoms with Crippen molar-refractivity contribution in [3.63, 3.8) is 0 Å². The van der Waals surface area contributed by atoms with Crippen LogP contribution in [0.25, 0.3) is 0 Å². The first-order chi connectivity index (χ1) is 9.82. The lowest BCUT2D eigenvalue weighted by atomic mass is 10.3. The second-order valence-corrected chi connectivity index (χ2v) is 7.34. The van der Waals surface area contributed by atoms with Crippen molar-refractivity contribution in [3.05, 3.63) is 24.3 Å². The summed E-state index contributed by atoms with van der Waals surface area (Å²) < 4.78 is 25.9. The van der Waals surface area contributed by atoms with Gasteiger partial charge in [-0.3, -0.25) is 9.59 Å². The Morgan fingerprint density at radius 1 is 1.33 bits per heavy atom. The van der Waals surface area contributed by atoms with E-state index in [9.17, 15) is 18.0 Å². The minimum atomic E-state index is -3.86. The monoisotopic (exact) mass is 330 g/mol. The van der Waals surface area contributed by atoms with E-state index in [2.05, 4.69) is 5.32 Å². The Balaban J connectivity index is 2.27. The molecule has 2 rings (SSSR count). The molecule has 21 heavy (non-hydrogen) atoms. The molecule has 0 spiro atoms. The maximum atomic E-state index is 12.4. The number of amides is 1. The molecule has 1 fully saturated rings. The van der Waals surface area contributed by atoms with E-state index in [0.29, 0.717) is 5.69 Å². The van der Waals surface area contributed by atoms with Gasteiger partial charge in [0.15, 0.2) is 0 Å². The number of rotatable bonds is 4. The highest BCUT2D eigenvalue weighted by Gasteiger charge is 2.39. The molecule has 1 amide bonds. The molecule has 7 nitrogen and oxygen atoms in total. The summed E-state index contributed by atoms with van der Waals surface area (Å²) in [5.41, 5.74) is 0.479. The number of anilines is 1. The maximum absolute atomic E-state index is 12.4. The Morgan fingerprint density at radius 2 is 1.95 bits per heavy atom. The molecule has 1 aromatic rings. The zero-order valence-electron chi connectivity index (χ0n) is 11.1. The summed E-state index contributed by atoms with van der Waals surface area (Å²) in [6.45, 7) is 1.35. The van der Waals surface area contributed by atoms with Gasteiger partial charge in [0.05, 0.1) is 10.8 Å². The number of carbonyl (C=O) groups is 2. The topological polar surface area (TPSA) is 104 Å². The van der Waals surface area contributed by atoms with Gasteiger partial charge >= 0.3 is 5.97 Å². The Morgan fingerprint density at radius 3 is 2.48 bits per heavy atom. The van der Waals surface area contributed by atoms with Crippen LogP contribution in [0.4, 0.5) is 5.69 Å². The fourth-order valence-electron chi connectivity index (χ4n) is 1.91. The summed E-state index contributed by atoms with van der Waals surface area (Å²) in [5, 5.41) is 11.6. The minimum Gasteiger partial charge on any atom is -0.480 e. The molecule has 1 unspecified atom stereocenters. The van der Waals surface area contributed by atoms with Crippen molar-refractivity contribution in [1.29, 1.82) is 0 Å². The van der Waals surface area contributed by atoms with Crippen molar-refractivity contribution < 1.29 is 23.1 Å². The van der Waals surface area contributed by atoms with Crippen molar-refractivity contribution in [3.8, 4) is 0 Å². The van der Waals surface area contributed by atoms with E-state index in [-0.39, 0.29) is 22.4 Å². The Hall–Kier alpha value is -1.58. The number of carboxylic acid groups (broad SMARTS) is 1. The maximum Gasteiger partial charge on any atom is 0.322 e. The zero-order valence-corrected chi connectivity index (χ0v) is 12.8. The number of carbonyl (C=O) groups excluding carboxylic acids is 1. The zero-order chi connectivity index (χ0) is 15.6. The van der Waals surface area contributed by atoms with Gasteiger partial charge in [-0.2, -0.15) is 4.31 Å². The predicted octanol–water partition coefficient (Wildman–Crippen LogP) is 0.793. The molecular weight excluding hydrogens is 316 g/mol. The first-order valence-corrected chi connectivity index (χ1v) is 8.62. The van der Waals surface area contributed by atoms with Gasteiger partial charge in [0.2, 0.25) is 15.9 Å². The third-order valence-electron chi connectivity index (χ3n) is 2.91. The van der Waals surface area contributed by atoms with Crippen LogP contribution in [0.1, 0.15) is 6.92 Å². The molecule has 1 atom stereocenters. The van der Waals surface area contributed by atoms with Crippen molar-refractivity contribution in [2.24, 2.45) is 0 Å². The van der Waals surface area contributed by atoms with E-state index in [1.165, 1.54) is 43.0 Å². The standard InChI is InChI=1S/C12H14N2O5S2/c1-8(15)13-9-2-4-10(5-3-9)21(18,19)14-7-20-6-11(14)12(16)17/h2-5,11H,6-7H2,1H3,(H,13,15)(H,16,17). The molecule has 0 saturated carbocycles. The predicted molar refractivity (Wildman–Crippen MR) is 78.5 cm³/mol. The van der Waals surface area contributed by atoms with Crippen molar-refractivity contribution in [2.75, 3.05) is 16.9 Å². The van der Waals surface area contributed by atoms with E-state index < -0.39 is 22.0 Å². The van der Waals surface area contributed by atoms with E-state index in [1.54, 1.807) is 0 Å². The molecule has 1 aliphatic heterocycles. The SMILES string of the molecule is CC(=O)Nc1ccc(S(=O)(=O)N2CSCC2C(=O)O)cc1. The third kappa shape index (κ3) is 3.36. The van der Waals surface area contributed by atoms with Gasteiger partial charge in [-0.15, -0.1) is 11.8 Å². The van der Waals surface area contributed by atoms with Gasteiger partial charge in [0.1, 0.15) is 6.04 Å². The van der Waals surface area contributed by atoms with Gasteiger partial charge in [-0.1, -0.05) is 0 Å². The molecule has 1 aromatic carbocycles. The van der Waals surface area contributed by atoms with Crippen LogP contribution in [0.15, 0.2) is 29.2 Å². The van der Waals surface area contributed by atoms with Crippen LogP contribution in [0.5, 0.6) is 0 Å². The second-order valence-electron chi connectivity index (χ2n) is 4.45. The number of sulfonamides is 1. The number of hydrogen-bond acceptors (Lipinski definition) is 5. The van der Waals surface area contributed by atoms with Gasteiger partial charge in [0, 0.05) is 18.4 Å². The lowest BCUT2D eigenvalue weighted by Gasteiger charge is -2.20. The number of thioether (sulfide) groups is 1. The van der Waals surface area contributed by atoms with E-state index in [4.69, 9.17) is 5.11 Å². The molecule has 1 saturated heterocycles. The molecule has 0 radical (unpaired) electrons. The molecule has 0 aromatic heterocycles. The van der Waals surface area contributed by atoms with Crippen LogP contribution in [-0.4, -0.2) is 47.4 Å². The average molecular weight is 330 g/mol. The molecule has 1 aliphatic rings. The smallest absolute Gasteiger partial charge is 0.322 e. The molecule has 9 heteroatoms. The Labute approximate surface area is 126 Å². The minimum absolute atomic E-state index is 0.00496. The molecule has 2 N–H and O–H groups in total. The Kier molecular flexibility index (Phi) is 4.55. The van der Waals surface area contributed by atoms with Gasteiger partial charge in [-0.05, 0) is 24.3 Å². The van der Waals surface area contributed by atoms with Crippen LogP contribution < -0.4 is 5.32 Å². The normalized spacial score (nSPS) is 19.4. The van der Waals surface area contributed by atoms with Crippen molar-refractivity contribution in [1.82, 2.24) is 4.31 Å². The van der Waals surface area contributed by atoms with Gasteiger partial charge < -0.3 is 10.4 Å². The van der Waals surface area contributed by atoms with Crippen LogP contribution in [0.3, 0.4) is 0 Å². The molecular formula is C12H14N2O5S2. The van der Waals surface area contributed by atoms with Crippen LogP contribution in [0.2, 0.25) is 0 Å². The number of hydrogen-bond donors (Lipinski definition) is 2. The molecule has 114 valence electrons. The van der Waals surface area contributed by atoms with Crippen molar-refractivity contribution in [2.45, 2.75) is 17.9 Å². The number of benzene rings is 1. The highest BCUT2D eigenvalue weighted by molar-refractivity contribution is 8.00. The molecule has 1 heterocycles. The fourth-order valence-corrected chi connectivity index (χ4v) is 5.04. The third-order valence-corrected chi connectivity index (χ3v) is 5.95. The van der Waals surface area contributed by atoms with E-state index >= 15 is 0 Å². The number of nitrogens with one attached hydrogen (secondary N) is 1. The summed E-state index contributed by atoms with van der Waals surface area (Å²) in [6.07, 6.45) is 0. The summed E-state index contributed by atoms with van der Waals surface area (Å²) in [5.74, 6) is -1.06. The van der Waals surface area contributed by atoms with Crippen LogP contribution >= 0.6 is 11.8 Å². The van der Waals surface area contributed by atoms with Gasteiger partial charge in [-0.25, -0.2) is 8.42 Å². The first kappa shape index (κ1) is 15.8. The Bertz CT molecular complexity index is 657. The highest BCUT2D eigenvalue weighted by atomic mass is 32.2. The molecule has 0 aliphatic carbocycles. The van der Waals surface area contributed by atoms with E-state index in [0.717, 1.165) is 4.31 Å². The number of carboxylic acids is 1. The van der Waals surface area contributed by atoms with Crippen LogP contribution in [0, 0.1) is 0 Å². The average Bonchev–Trinajstić information content (AvgIpc) is 2.88. The summed E-state index contributed by atoms with van der Waals surface area (Å²) in [6, 6.07) is 4.58. The number of nitrogens with zero attached hydrogens (tertiary/aromatic N) is 1. The van der Waals surface area contributed by atoms with E-state index in [1.807, 2.05) is 0 Å². The summed E-state index contributed by atoms with van der Waals surface area (Å²) in [7, 11) is -3.86. The van der Waals surface area contributed by atoms with Gasteiger partial charge in [0.25, 0.3) is 0 Å². The van der Waals surface area contributed by atoms with Crippen LogP contribution in [-0.2, 0) is 19.6 Å². The first-order valence-electron chi connectivity index (χ1n) is 6.02. The lowest BCUT2D eigenvalue weighted by Crippen LogP contribution is -2.41. The number of aliphatic carboxylic acids is 1. The highest BCUT2D eigenvalue weighted by Crippen LogP contribution is 2.28. The summed E-state index contributed by atoms with van der Waals surface area (Å²) >= 11 is 1.26. The largest absolute Gasteiger partial charge is 0.480 e. The lowest BCUT2D eigenvalue weighted by molar-refractivity contribution is -0.140. The van der Waals surface area contributed by atoms with Crippen molar-refractivity contribution >= 4 is 39.3 Å². The fraction of sp³-hybridized carbons (Fsp3) is 0.333.